The highest BCUT2D eigenvalue weighted by Crippen LogP contribution is 2.31. The Hall–Kier alpha value is -4.50. The molecule has 0 unspecified atom stereocenters. The average Bonchev–Trinajstić information content (AvgIpc) is 3.27. The van der Waals surface area contributed by atoms with Gasteiger partial charge in [-0.15, -0.1) is 13.2 Å². The summed E-state index contributed by atoms with van der Waals surface area (Å²) in [5.41, 5.74) is 4.60. The fraction of sp³-hybridized carbons (Fsp3) is 0.133. The second-order valence-electron chi connectivity index (χ2n) is 8.98. The number of para-hydroxylation sites is 2. The van der Waals surface area contributed by atoms with Crippen molar-refractivity contribution in [2.24, 2.45) is 0 Å². The SMILES string of the molecule is O=C(O)Cc1ccc(Cl)c(OCc2ccccc2Cn2c(-c3ccc(OC(F)(F)F)cc3)nc3ccccc32)c1. The highest BCUT2D eigenvalue weighted by atomic mass is 35.5. The molecule has 0 fully saturated rings. The lowest BCUT2D eigenvalue weighted by Gasteiger charge is -2.15. The molecule has 5 aromatic rings. The van der Waals surface area contributed by atoms with Crippen molar-refractivity contribution in [2.75, 3.05) is 0 Å². The van der Waals surface area contributed by atoms with E-state index in [4.69, 9.17) is 26.4 Å². The highest BCUT2D eigenvalue weighted by molar-refractivity contribution is 6.32. The van der Waals surface area contributed by atoms with Gasteiger partial charge in [0.25, 0.3) is 0 Å². The van der Waals surface area contributed by atoms with E-state index >= 15 is 0 Å². The number of aromatic nitrogens is 2. The second-order valence-corrected chi connectivity index (χ2v) is 9.38. The zero-order valence-electron chi connectivity index (χ0n) is 20.9. The first kappa shape index (κ1) is 27.1. The second kappa shape index (κ2) is 11.3. The molecule has 0 radical (unpaired) electrons. The predicted molar refractivity (Wildman–Crippen MR) is 145 cm³/mol. The Morgan fingerprint density at radius 3 is 2.35 bits per heavy atom. The summed E-state index contributed by atoms with van der Waals surface area (Å²) in [7, 11) is 0. The van der Waals surface area contributed by atoms with E-state index in [-0.39, 0.29) is 18.8 Å². The van der Waals surface area contributed by atoms with Crippen molar-refractivity contribution in [3.63, 3.8) is 0 Å². The van der Waals surface area contributed by atoms with Crippen molar-refractivity contribution in [2.45, 2.75) is 25.9 Å². The molecule has 0 aliphatic heterocycles. The topological polar surface area (TPSA) is 73.6 Å². The molecule has 10 heteroatoms. The van der Waals surface area contributed by atoms with Gasteiger partial charge in [-0.2, -0.15) is 0 Å². The number of nitrogens with zero attached hydrogens (tertiary/aromatic N) is 2. The molecule has 0 amide bonds. The molecule has 0 saturated heterocycles. The monoisotopic (exact) mass is 566 g/mol. The summed E-state index contributed by atoms with van der Waals surface area (Å²) in [5, 5.41) is 9.47. The zero-order chi connectivity index (χ0) is 28.3. The molecule has 1 heterocycles. The van der Waals surface area contributed by atoms with Gasteiger partial charge in [0, 0.05) is 5.56 Å². The van der Waals surface area contributed by atoms with Crippen molar-refractivity contribution in [1.82, 2.24) is 9.55 Å². The number of carboxylic acids is 1. The Labute approximate surface area is 232 Å². The molecule has 0 aliphatic carbocycles. The average molecular weight is 567 g/mol. The molecule has 0 spiro atoms. The minimum absolute atomic E-state index is 0.149. The maximum absolute atomic E-state index is 12.6. The van der Waals surface area contributed by atoms with Crippen molar-refractivity contribution >= 4 is 28.6 Å². The molecule has 1 aromatic heterocycles. The number of fused-ring (bicyclic) bond motifs is 1. The van der Waals surface area contributed by atoms with Crippen LogP contribution in [0.1, 0.15) is 16.7 Å². The van der Waals surface area contributed by atoms with Crippen LogP contribution in [0.3, 0.4) is 0 Å². The van der Waals surface area contributed by atoms with E-state index in [9.17, 15) is 18.0 Å². The van der Waals surface area contributed by atoms with E-state index in [0.717, 1.165) is 22.2 Å². The highest BCUT2D eigenvalue weighted by Gasteiger charge is 2.31. The van der Waals surface area contributed by atoms with Gasteiger partial charge in [0.2, 0.25) is 0 Å². The number of aliphatic carboxylic acids is 1. The van der Waals surface area contributed by atoms with E-state index in [1.165, 1.54) is 12.1 Å². The largest absolute Gasteiger partial charge is 0.573 e. The summed E-state index contributed by atoms with van der Waals surface area (Å²) in [6.07, 6.45) is -4.92. The summed E-state index contributed by atoms with van der Waals surface area (Å²) < 4.78 is 49.9. The van der Waals surface area contributed by atoms with Gasteiger partial charge in [0.15, 0.2) is 0 Å². The van der Waals surface area contributed by atoms with Gasteiger partial charge in [-0.25, -0.2) is 4.98 Å². The Kier molecular flexibility index (Phi) is 7.66. The minimum atomic E-state index is -4.78. The van der Waals surface area contributed by atoms with Gasteiger partial charge in [-0.1, -0.05) is 54.1 Å². The number of ether oxygens (including phenoxy) is 2. The standard InChI is InChI=1S/C30H22ClF3N2O4/c31-24-14-9-19(16-28(37)38)15-27(24)39-18-22-6-2-1-5-21(22)17-36-26-8-4-3-7-25(26)35-29(36)20-10-12-23(13-11-20)40-30(32,33)34/h1-15H,16-18H2,(H,37,38). The number of carbonyl (C=O) groups is 1. The van der Waals surface area contributed by atoms with Crippen LogP contribution < -0.4 is 9.47 Å². The smallest absolute Gasteiger partial charge is 0.487 e. The van der Waals surface area contributed by atoms with Crippen molar-refractivity contribution in [3.8, 4) is 22.9 Å². The first-order valence-corrected chi connectivity index (χ1v) is 12.6. The first-order valence-electron chi connectivity index (χ1n) is 12.2. The number of rotatable bonds is 9. The molecule has 204 valence electrons. The summed E-state index contributed by atoms with van der Waals surface area (Å²) in [6, 6.07) is 25.7. The van der Waals surface area contributed by atoms with Crippen molar-refractivity contribution in [1.29, 1.82) is 0 Å². The van der Waals surface area contributed by atoms with E-state index in [1.54, 1.807) is 30.3 Å². The lowest BCUT2D eigenvalue weighted by atomic mass is 10.1. The van der Waals surface area contributed by atoms with Crippen LogP contribution in [0.25, 0.3) is 22.4 Å². The molecule has 0 atom stereocenters. The van der Waals surface area contributed by atoms with Crippen LogP contribution >= 0.6 is 11.6 Å². The number of hydrogen-bond acceptors (Lipinski definition) is 4. The van der Waals surface area contributed by atoms with Gasteiger partial charge in [0.1, 0.15) is 23.9 Å². The fourth-order valence-electron chi connectivity index (χ4n) is 4.38. The Morgan fingerprint density at radius 2 is 1.62 bits per heavy atom. The lowest BCUT2D eigenvalue weighted by molar-refractivity contribution is -0.274. The van der Waals surface area contributed by atoms with Gasteiger partial charge in [-0.3, -0.25) is 4.79 Å². The molecule has 0 aliphatic rings. The third kappa shape index (κ3) is 6.38. The fourth-order valence-corrected chi connectivity index (χ4v) is 4.56. The number of hydrogen-bond donors (Lipinski definition) is 1. The summed E-state index contributed by atoms with van der Waals surface area (Å²) in [5.74, 6) is -0.304. The van der Waals surface area contributed by atoms with Gasteiger partial charge >= 0.3 is 12.3 Å². The maximum atomic E-state index is 12.6. The molecule has 40 heavy (non-hydrogen) atoms. The van der Waals surface area contributed by atoms with Crippen LogP contribution in [-0.4, -0.2) is 27.0 Å². The quantitative estimate of drug-likeness (QED) is 0.200. The molecule has 6 nitrogen and oxygen atoms in total. The van der Waals surface area contributed by atoms with E-state index in [0.29, 0.717) is 34.3 Å². The molecule has 1 N–H and O–H groups in total. The molecule has 0 bridgehead atoms. The maximum Gasteiger partial charge on any atom is 0.573 e. The number of halogens is 4. The minimum Gasteiger partial charge on any atom is -0.487 e. The molecule has 5 rings (SSSR count). The Morgan fingerprint density at radius 1 is 0.925 bits per heavy atom. The lowest BCUT2D eigenvalue weighted by Crippen LogP contribution is -2.17. The molecule has 0 saturated carbocycles. The van der Waals surface area contributed by atoms with Crippen LogP contribution in [0.2, 0.25) is 5.02 Å². The molecule has 4 aromatic carbocycles. The van der Waals surface area contributed by atoms with Gasteiger partial charge < -0.3 is 19.1 Å². The number of imidazole rings is 1. The number of carboxylic acid groups (broad SMARTS) is 1. The van der Waals surface area contributed by atoms with Gasteiger partial charge in [0.05, 0.1) is 29.0 Å². The van der Waals surface area contributed by atoms with E-state index < -0.39 is 12.3 Å². The Bertz CT molecular complexity index is 1670. The normalized spacial score (nSPS) is 11.5. The molecular formula is C30H22ClF3N2O4. The zero-order valence-corrected chi connectivity index (χ0v) is 21.6. The first-order chi connectivity index (χ1) is 19.2. The predicted octanol–water partition coefficient (Wildman–Crippen LogP) is 7.51. The third-order valence-corrected chi connectivity index (χ3v) is 6.49. The number of alkyl halides is 3. The number of benzene rings is 4. The Balaban J connectivity index is 1.45. The summed E-state index contributed by atoms with van der Waals surface area (Å²) in [4.78, 5) is 15.9. The summed E-state index contributed by atoms with van der Waals surface area (Å²) in [6.45, 7) is 0.584. The van der Waals surface area contributed by atoms with Crippen molar-refractivity contribution < 1.29 is 32.5 Å². The summed E-state index contributed by atoms with van der Waals surface area (Å²) >= 11 is 6.30. The molecular weight excluding hydrogens is 545 g/mol. The van der Waals surface area contributed by atoms with Crippen molar-refractivity contribution in [3.05, 3.63) is 113 Å². The van der Waals surface area contributed by atoms with Crippen LogP contribution in [0.15, 0.2) is 91.0 Å². The van der Waals surface area contributed by atoms with Crippen LogP contribution in [0.4, 0.5) is 13.2 Å². The third-order valence-electron chi connectivity index (χ3n) is 6.18. The van der Waals surface area contributed by atoms with Crippen LogP contribution in [0, 0.1) is 0 Å². The van der Waals surface area contributed by atoms with Crippen LogP contribution in [-0.2, 0) is 24.4 Å². The van der Waals surface area contributed by atoms with E-state index in [1.807, 2.05) is 53.1 Å². The van der Waals surface area contributed by atoms with Crippen LogP contribution in [0.5, 0.6) is 11.5 Å². The van der Waals surface area contributed by atoms with Gasteiger partial charge in [-0.05, 0) is 65.2 Å². The van der Waals surface area contributed by atoms with E-state index in [2.05, 4.69) is 4.74 Å².